The molecule has 0 bridgehead atoms. The lowest BCUT2D eigenvalue weighted by Crippen LogP contribution is -2.58. The molecule has 102 valence electrons. The second-order valence-corrected chi connectivity index (χ2v) is 6.03. The van der Waals surface area contributed by atoms with E-state index in [4.69, 9.17) is 29.0 Å². The first-order valence-corrected chi connectivity index (χ1v) is 6.62. The zero-order valence-electron chi connectivity index (χ0n) is 11.3. The van der Waals surface area contributed by atoms with Gasteiger partial charge < -0.3 is 4.90 Å². The van der Waals surface area contributed by atoms with Gasteiger partial charge in [0.15, 0.2) is 0 Å². The van der Waals surface area contributed by atoms with E-state index in [0.29, 0.717) is 10.0 Å². The van der Waals surface area contributed by atoms with E-state index in [1.54, 1.807) is 0 Å². The van der Waals surface area contributed by atoms with E-state index < -0.39 is 0 Å². The van der Waals surface area contributed by atoms with Crippen molar-refractivity contribution in [3.8, 4) is 0 Å². The maximum Gasteiger partial charge on any atom is 0.0595 e. The number of hydrogen-bond acceptors (Lipinski definition) is 3. The van der Waals surface area contributed by atoms with Gasteiger partial charge in [-0.1, -0.05) is 29.3 Å². The van der Waals surface area contributed by atoms with Crippen molar-refractivity contribution in [1.29, 1.82) is 0 Å². The number of nitrogens with two attached hydrogens (primary N) is 1. The molecule has 0 radical (unpaired) electrons. The Hall–Kier alpha value is -0.320. The van der Waals surface area contributed by atoms with Crippen LogP contribution in [-0.2, 0) is 6.42 Å². The molecule has 0 aliphatic rings. The lowest BCUT2D eigenvalue weighted by molar-refractivity contribution is 0.137. The van der Waals surface area contributed by atoms with Crippen molar-refractivity contribution in [3.63, 3.8) is 0 Å². The molecule has 0 saturated carbocycles. The number of likely N-dealkylation sites (N-methyl/N-ethyl adjacent to an activating group) is 1. The summed E-state index contributed by atoms with van der Waals surface area (Å²) in [5.41, 5.74) is 3.93. The number of halogens is 2. The van der Waals surface area contributed by atoms with Crippen LogP contribution in [0.3, 0.4) is 0 Å². The number of nitrogens with zero attached hydrogens (tertiary/aromatic N) is 1. The van der Waals surface area contributed by atoms with Crippen LogP contribution in [0, 0.1) is 0 Å². The van der Waals surface area contributed by atoms with Crippen molar-refractivity contribution < 1.29 is 0 Å². The fraction of sp³-hybridized carbons (Fsp3) is 0.538. The Kier molecular flexibility index (Phi) is 5.44. The first-order chi connectivity index (χ1) is 8.28. The van der Waals surface area contributed by atoms with Crippen LogP contribution < -0.4 is 11.3 Å². The zero-order chi connectivity index (χ0) is 13.9. The highest BCUT2D eigenvalue weighted by Gasteiger charge is 2.30. The van der Waals surface area contributed by atoms with Crippen LogP contribution in [0.4, 0.5) is 0 Å². The molecule has 0 aromatic heterocycles. The SMILES string of the molecule is CN(C)C(C)(C)C(Cc1ccc(Cl)c(Cl)c1)NN. The van der Waals surface area contributed by atoms with Gasteiger partial charge in [0.05, 0.1) is 10.0 Å². The van der Waals surface area contributed by atoms with E-state index in [9.17, 15) is 0 Å². The molecule has 0 aliphatic heterocycles. The number of hydrazine groups is 1. The fourth-order valence-electron chi connectivity index (χ4n) is 1.73. The average molecular weight is 290 g/mol. The van der Waals surface area contributed by atoms with Crippen molar-refractivity contribution in [2.45, 2.75) is 31.8 Å². The molecule has 0 heterocycles. The van der Waals surface area contributed by atoms with E-state index in [-0.39, 0.29) is 11.6 Å². The van der Waals surface area contributed by atoms with Gasteiger partial charge in [0.2, 0.25) is 0 Å². The minimum absolute atomic E-state index is 0.0686. The van der Waals surface area contributed by atoms with Crippen LogP contribution in [0.5, 0.6) is 0 Å². The van der Waals surface area contributed by atoms with E-state index >= 15 is 0 Å². The topological polar surface area (TPSA) is 41.3 Å². The monoisotopic (exact) mass is 289 g/mol. The minimum Gasteiger partial charge on any atom is -0.303 e. The first kappa shape index (κ1) is 15.7. The maximum absolute atomic E-state index is 6.02. The summed E-state index contributed by atoms with van der Waals surface area (Å²) in [5.74, 6) is 5.68. The second kappa shape index (κ2) is 6.22. The smallest absolute Gasteiger partial charge is 0.0595 e. The summed E-state index contributed by atoms with van der Waals surface area (Å²) in [5, 5.41) is 1.15. The molecular formula is C13H21Cl2N3. The Morgan fingerprint density at radius 2 is 1.89 bits per heavy atom. The first-order valence-electron chi connectivity index (χ1n) is 5.86. The molecule has 1 aromatic carbocycles. The predicted octanol–water partition coefficient (Wildman–Crippen LogP) is 2.71. The van der Waals surface area contributed by atoms with Gasteiger partial charge in [-0.2, -0.15) is 0 Å². The van der Waals surface area contributed by atoms with Gasteiger partial charge >= 0.3 is 0 Å². The minimum atomic E-state index is -0.0686. The van der Waals surface area contributed by atoms with Gasteiger partial charge in [-0.3, -0.25) is 11.3 Å². The number of benzene rings is 1. The van der Waals surface area contributed by atoms with Crippen LogP contribution in [0.1, 0.15) is 19.4 Å². The summed E-state index contributed by atoms with van der Waals surface area (Å²) < 4.78 is 0. The van der Waals surface area contributed by atoms with Crippen molar-refractivity contribution in [3.05, 3.63) is 33.8 Å². The molecule has 1 rings (SSSR count). The molecule has 1 unspecified atom stereocenters. The van der Waals surface area contributed by atoms with Crippen LogP contribution in [0.25, 0.3) is 0 Å². The summed E-state index contributed by atoms with van der Waals surface area (Å²) in [6, 6.07) is 5.80. The van der Waals surface area contributed by atoms with Crippen molar-refractivity contribution >= 4 is 23.2 Å². The maximum atomic E-state index is 6.02. The Morgan fingerprint density at radius 3 is 2.33 bits per heavy atom. The third-order valence-corrected chi connectivity index (χ3v) is 4.37. The summed E-state index contributed by atoms with van der Waals surface area (Å²) in [6.45, 7) is 4.30. The molecule has 1 aromatic rings. The third-order valence-electron chi connectivity index (χ3n) is 3.63. The molecule has 0 fully saturated rings. The van der Waals surface area contributed by atoms with Gasteiger partial charge in [-0.25, -0.2) is 0 Å². The van der Waals surface area contributed by atoms with Gasteiger partial charge in [-0.15, -0.1) is 0 Å². The van der Waals surface area contributed by atoms with E-state index in [1.165, 1.54) is 0 Å². The molecule has 18 heavy (non-hydrogen) atoms. The van der Waals surface area contributed by atoms with E-state index in [2.05, 4.69) is 24.2 Å². The molecule has 1 atom stereocenters. The molecule has 0 spiro atoms. The largest absolute Gasteiger partial charge is 0.303 e. The lowest BCUT2D eigenvalue weighted by Gasteiger charge is -2.40. The Morgan fingerprint density at radius 1 is 1.28 bits per heavy atom. The van der Waals surface area contributed by atoms with Gasteiger partial charge in [0, 0.05) is 11.6 Å². The molecule has 0 amide bonds. The fourth-order valence-corrected chi connectivity index (χ4v) is 2.05. The zero-order valence-corrected chi connectivity index (χ0v) is 12.8. The second-order valence-electron chi connectivity index (χ2n) is 5.22. The van der Waals surface area contributed by atoms with Crippen LogP contribution in [0.2, 0.25) is 10.0 Å². The Labute approximate surface area is 119 Å². The highest BCUT2D eigenvalue weighted by atomic mass is 35.5. The molecular weight excluding hydrogens is 269 g/mol. The van der Waals surface area contributed by atoms with E-state index in [0.717, 1.165) is 12.0 Å². The molecule has 3 nitrogen and oxygen atoms in total. The summed E-state index contributed by atoms with van der Waals surface area (Å²) in [4.78, 5) is 2.15. The van der Waals surface area contributed by atoms with Gasteiger partial charge in [0.1, 0.15) is 0 Å². The predicted molar refractivity (Wildman–Crippen MR) is 79.0 cm³/mol. The van der Waals surface area contributed by atoms with Gasteiger partial charge in [-0.05, 0) is 52.1 Å². The number of hydrogen-bond donors (Lipinski definition) is 2. The van der Waals surface area contributed by atoms with Crippen LogP contribution in [-0.4, -0.2) is 30.6 Å². The summed E-state index contributed by atoms with van der Waals surface area (Å²) in [7, 11) is 4.08. The lowest BCUT2D eigenvalue weighted by atomic mass is 9.88. The summed E-state index contributed by atoms with van der Waals surface area (Å²) >= 11 is 11.9. The van der Waals surface area contributed by atoms with Gasteiger partial charge in [0.25, 0.3) is 0 Å². The Bertz CT molecular complexity index is 405. The van der Waals surface area contributed by atoms with Crippen molar-refractivity contribution in [2.24, 2.45) is 5.84 Å². The quantitative estimate of drug-likeness (QED) is 0.647. The van der Waals surface area contributed by atoms with Crippen molar-refractivity contribution in [2.75, 3.05) is 14.1 Å². The summed E-state index contributed by atoms with van der Waals surface area (Å²) in [6.07, 6.45) is 0.790. The molecule has 5 heteroatoms. The average Bonchev–Trinajstić information content (AvgIpc) is 2.30. The highest BCUT2D eigenvalue weighted by molar-refractivity contribution is 6.42. The van der Waals surface area contributed by atoms with E-state index in [1.807, 2.05) is 32.3 Å². The number of nitrogens with one attached hydrogen (secondary N) is 1. The standard InChI is InChI=1S/C13H21Cl2N3/c1-13(2,18(3)4)12(17-16)8-9-5-6-10(14)11(15)7-9/h5-7,12,17H,8,16H2,1-4H3. The molecule has 0 aliphatic carbocycles. The normalized spacial score (nSPS) is 14.0. The molecule has 3 N–H and O–H groups in total. The molecule has 0 saturated heterocycles. The number of rotatable bonds is 5. The Balaban J connectivity index is 2.89. The van der Waals surface area contributed by atoms with Crippen molar-refractivity contribution in [1.82, 2.24) is 10.3 Å². The third kappa shape index (κ3) is 3.59. The van der Waals surface area contributed by atoms with Crippen LogP contribution in [0.15, 0.2) is 18.2 Å². The highest BCUT2D eigenvalue weighted by Crippen LogP contribution is 2.25. The van der Waals surface area contributed by atoms with Crippen LogP contribution >= 0.6 is 23.2 Å².